The van der Waals surface area contributed by atoms with Crippen molar-refractivity contribution in [1.82, 2.24) is 9.97 Å². The molecule has 1 heterocycles. The fourth-order valence-corrected chi connectivity index (χ4v) is 2.41. The third-order valence-corrected chi connectivity index (χ3v) is 3.78. The molecular weight excluding hydrogens is 236 g/mol. The summed E-state index contributed by atoms with van der Waals surface area (Å²) in [6.45, 7) is 4.32. The van der Waals surface area contributed by atoms with E-state index in [2.05, 4.69) is 23.8 Å². The van der Waals surface area contributed by atoms with E-state index >= 15 is 0 Å². The third-order valence-electron chi connectivity index (χ3n) is 3.10. The van der Waals surface area contributed by atoms with Gasteiger partial charge in [-0.05, 0) is 30.0 Å². The SMILES string of the molecule is CCCC(C)C(Cl)c1ccc2[nH]c(=O)[nH]c2c1. The van der Waals surface area contributed by atoms with Gasteiger partial charge in [0.15, 0.2) is 0 Å². The minimum atomic E-state index is -0.176. The number of hydrogen-bond acceptors (Lipinski definition) is 1. The maximum Gasteiger partial charge on any atom is 0.323 e. The topological polar surface area (TPSA) is 48.6 Å². The van der Waals surface area contributed by atoms with Crippen LogP contribution in [0.1, 0.15) is 37.6 Å². The molecule has 0 spiro atoms. The van der Waals surface area contributed by atoms with E-state index < -0.39 is 0 Å². The minimum absolute atomic E-state index is 0.00208. The Morgan fingerprint density at radius 1 is 1.29 bits per heavy atom. The van der Waals surface area contributed by atoms with E-state index in [1.165, 1.54) is 0 Å². The van der Waals surface area contributed by atoms with Crippen molar-refractivity contribution in [2.45, 2.75) is 32.1 Å². The number of rotatable bonds is 4. The summed E-state index contributed by atoms with van der Waals surface area (Å²) >= 11 is 6.44. The van der Waals surface area contributed by atoms with Crippen LogP contribution in [0.15, 0.2) is 23.0 Å². The molecule has 2 atom stereocenters. The summed E-state index contributed by atoms with van der Waals surface area (Å²) in [6, 6.07) is 5.84. The van der Waals surface area contributed by atoms with Gasteiger partial charge >= 0.3 is 5.69 Å². The van der Waals surface area contributed by atoms with E-state index in [0.29, 0.717) is 5.92 Å². The van der Waals surface area contributed by atoms with E-state index in [1.54, 1.807) is 0 Å². The molecule has 0 aliphatic rings. The van der Waals surface area contributed by atoms with Gasteiger partial charge in [-0.15, -0.1) is 11.6 Å². The predicted molar refractivity (Wildman–Crippen MR) is 71.6 cm³/mol. The van der Waals surface area contributed by atoms with Crippen LogP contribution in [0.2, 0.25) is 0 Å². The van der Waals surface area contributed by atoms with Crippen LogP contribution >= 0.6 is 11.6 Å². The largest absolute Gasteiger partial charge is 0.323 e. The smallest absolute Gasteiger partial charge is 0.306 e. The number of benzene rings is 1. The van der Waals surface area contributed by atoms with Crippen LogP contribution in [0, 0.1) is 5.92 Å². The molecule has 1 aromatic heterocycles. The van der Waals surface area contributed by atoms with Crippen molar-refractivity contribution in [2.24, 2.45) is 5.92 Å². The molecule has 2 aromatic rings. The first-order valence-electron chi connectivity index (χ1n) is 5.98. The summed E-state index contributed by atoms with van der Waals surface area (Å²) in [6.07, 6.45) is 2.24. The van der Waals surface area contributed by atoms with Crippen molar-refractivity contribution >= 4 is 22.6 Å². The molecule has 2 unspecified atom stereocenters. The average molecular weight is 253 g/mol. The number of nitrogens with one attached hydrogen (secondary N) is 2. The molecule has 0 radical (unpaired) electrons. The lowest BCUT2D eigenvalue weighted by Crippen LogP contribution is -2.03. The van der Waals surface area contributed by atoms with Crippen molar-refractivity contribution in [2.75, 3.05) is 0 Å². The van der Waals surface area contributed by atoms with Crippen LogP contribution in [0.4, 0.5) is 0 Å². The summed E-state index contributed by atoms with van der Waals surface area (Å²) in [5.74, 6) is 0.435. The number of aromatic amines is 2. The first kappa shape index (κ1) is 12.2. The van der Waals surface area contributed by atoms with E-state index in [-0.39, 0.29) is 11.1 Å². The van der Waals surface area contributed by atoms with Gasteiger partial charge in [0, 0.05) is 0 Å². The maximum absolute atomic E-state index is 11.2. The minimum Gasteiger partial charge on any atom is -0.306 e. The van der Waals surface area contributed by atoms with Gasteiger partial charge in [-0.2, -0.15) is 0 Å². The molecule has 0 fully saturated rings. The lowest BCUT2D eigenvalue weighted by atomic mass is 9.96. The van der Waals surface area contributed by atoms with Gasteiger partial charge < -0.3 is 9.97 Å². The second-order valence-electron chi connectivity index (χ2n) is 4.55. The molecule has 0 amide bonds. The molecule has 2 rings (SSSR count). The highest BCUT2D eigenvalue weighted by Gasteiger charge is 2.16. The maximum atomic E-state index is 11.2. The highest BCUT2D eigenvalue weighted by molar-refractivity contribution is 6.21. The standard InChI is InChI=1S/C13H17ClN2O/c1-3-4-8(2)12(14)9-5-6-10-11(7-9)16-13(17)15-10/h5-8,12H,3-4H2,1-2H3,(H2,15,16,17). The Hall–Kier alpha value is -1.22. The number of H-pyrrole nitrogens is 2. The highest BCUT2D eigenvalue weighted by atomic mass is 35.5. The summed E-state index contributed by atoms with van der Waals surface area (Å²) in [4.78, 5) is 16.6. The Kier molecular flexibility index (Phi) is 3.57. The van der Waals surface area contributed by atoms with Crippen molar-refractivity contribution in [3.8, 4) is 0 Å². The fraction of sp³-hybridized carbons (Fsp3) is 0.462. The molecule has 0 aliphatic carbocycles. The number of fused-ring (bicyclic) bond motifs is 1. The van der Waals surface area contributed by atoms with Gasteiger partial charge in [-0.1, -0.05) is 26.3 Å². The zero-order valence-electron chi connectivity index (χ0n) is 10.1. The number of halogens is 1. The lowest BCUT2D eigenvalue weighted by molar-refractivity contribution is 0.508. The van der Waals surface area contributed by atoms with Crippen LogP contribution in [0.3, 0.4) is 0 Å². The second-order valence-corrected chi connectivity index (χ2v) is 5.02. The third kappa shape index (κ3) is 2.55. The number of hydrogen-bond donors (Lipinski definition) is 2. The molecule has 0 saturated carbocycles. The molecule has 17 heavy (non-hydrogen) atoms. The monoisotopic (exact) mass is 252 g/mol. The van der Waals surface area contributed by atoms with Crippen molar-refractivity contribution in [3.05, 3.63) is 34.2 Å². The van der Waals surface area contributed by atoms with Gasteiger partial charge in [-0.25, -0.2) is 4.79 Å². The molecular formula is C13H17ClN2O. The molecule has 0 bridgehead atoms. The van der Waals surface area contributed by atoms with E-state index in [9.17, 15) is 4.79 Å². The average Bonchev–Trinajstić information content (AvgIpc) is 2.67. The first-order chi connectivity index (χ1) is 8.11. The van der Waals surface area contributed by atoms with Crippen LogP contribution in [-0.2, 0) is 0 Å². The fourth-order valence-electron chi connectivity index (χ4n) is 2.15. The van der Waals surface area contributed by atoms with E-state index in [4.69, 9.17) is 11.6 Å². The van der Waals surface area contributed by atoms with Crippen molar-refractivity contribution in [1.29, 1.82) is 0 Å². The molecule has 1 aromatic carbocycles. The van der Waals surface area contributed by atoms with E-state index in [1.807, 2.05) is 18.2 Å². The normalized spacial score (nSPS) is 15.0. The summed E-state index contributed by atoms with van der Waals surface area (Å²) in [7, 11) is 0. The second kappa shape index (κ2) is 4.96. The van der Waals surface area contributed by atoms with Crippen LogP contribution in [0.5, 0.6) is 0 Å². The van der Waals surface area contributed by atoms with Gasteiger partial charge in [0.2, 0.25) is 0 Å². The molecule has 0 saturated heterocycles. The highest BCUT2D eigenvalue weighted by Crippen LogP contribution is 2.32. The zero-order valence-corrected chi connectivity index (χ0v) is 10.8. The molecule has 92 valence electrons. The Morgan fingerprint density at radius 2 is 2.00 bits per heavy atom. The Labute approximate surface area is 105 Å². The van der Waals surface area contributed by atoms with Crippen LogP contribution in [0.25, 0.3) is 11.0 Å². The number of aromatic nitrogens is 2. The van der Waals surface area contributed by atoms with Gasteiger partial charge in [-0.3, -0.25) is 0 Å². The number of alkyl halides is 1. The number of imidazole rings is 1. The molecule has 2 N–H and O–H groups in total. The summed E-state index contributed by atoms with van der Waals surface area (Å²) in [5, 5.41) is -0.00208. The molecule has 3 nitrogen and oxygen atoms in total. The zero-order chi connectivity index (χ0) is 12.4. The van der Waals surface area contributed by atoms with E-state index in [0.717, 1.165) is 29.4 Å². The van der Waals surface area contributed by atoms with Gasteiger partial charge in [0.05, 0.1) is 16.4 Å². The molecule has 4 heteroatoms. The first-order valence-corrected chi connectivity index (χ1v) is 6.41. The van der Waals surface area contributed by atoms with Crippen molar-refractivity contribution < 1.29 is 0 Å². The lowest BCUT2D eigenvalue weighted by Gasteiger charge is -2.17. The summed E-state index contributed by atoms with van der Waals surface area (Å²) in [5.41, 5.74) is 2.54. The van der Waals surface area contributed by atoms with Crippen molar-refractivity contribution in [3.63, 3.8) is 0 Å². The van der Waals surface area contributed by atoms with Crippen LogP contribution < -0.4 is 5.69 Å². The Bertz CT molecular complexity index is 558. The van der Waals surface area contributed by atoms with Crippen LogP contribution in [-0.4, -0.2) is 9.97 Å². The predicted octanol–water partition coefficient (Wildman–Crippen LogP) is 3.57. The Morgan fingerprint density at radius 3 is 2.71 bits per heavy atom. The van der Waals surface area contributed by atoms with Gasteiger partial charge in [0.25, 0.3) is 0 Å². The molecule has 0 aliphatic heterocycles. The van der Waals surface area contributed by atoms with Gasteiger partial charge in [0.1, 0.15) is 0 Å². The summed E-state index contributed by atoms with van der Waals surface area (Å²) < 4.78 is 0. The quantitative estimate of drug-likeness (QED) is 0.803. The Balaban J connectivity index is 2.32.